The van der Waals surface area contributed by atoms with Gasteiger partial charge in [-0.3, -0.25) is 4.79 Å². The van der Waals surface area contributed by atoms with Gasteiger partial charge in [0.2, 0.25) is 5.95 Å². The van der Waals surface area contributed by atoms with E-state index < -0.39 is 0 Å². The van der Waals surface area contributed by atoms with Gasteiger partial charge in [-0.1, -0.05) is 6.92 Å². The molecule has 26 heavy (non-hydrogen) atoms. The number of nitrogens with one attached hydrogen (secondary N) is 2. The minimum atomic E-state index is -0.182. The Morgan fingerprint density at radius 1 is 1.19 bits per heavy atom. The average molecular weight is 355 g/mol. The summed E-state index contributed by atoms with van der Waals surface area (Å²) in [6.07, 6.45) is 2.47. The number of rotatable bonds is 8. The number of carbonyl (C=O) groups is 1. The van der Waals surface area contributed by atoms with Crippen LogP contribution in [0.4, 0.5) is 17.3 Å². The molecule has 1 atom stereocenters. The lowest BCUT2D eigenvalue weighted by Crippen LogP contribution is -2.32. The van der Waals surface area contributed by atoms with E-state index in [9.17, 15) is 4.79 Å². The van der Waals surface area contributed by atoms with Crippen molar-refractivity contribution in [3.05, 3.63) is 41.7 Å². The second kappa shape index (κ2) is 9.17. The fraction of sp³-hybridized carbons (Fsp3) is 0.450. The van der Waals surface area contributed by atoms with Crippen LogP contribution >= 0.6 is 0 Å². The summed E-state index contributed by atoms with van der Waals surface area (Å²) >= 11 is 0. The maximum absolute atomic E-state index is 12.2. The number of aryl methyl sites for hydroxylation is 1. The van der Waals surface area contributed by atoms with E-state index in [2.05, 4.69) is 58.4 Å². The lowest BCUT2D eigenvalue weighted by atomic mass is 10.1. The first-order valence-electron chi connectivity index (χ1n) is 9.24. The maximum atomic E-state index is 12.2. The number of carbonyl (C=O) groups excluding carboxylic acids is 1. The molecule has 0 bridgehead atoms. The second-order valence-electron chi connectivity index (χ2n) is 6.34. The highest BCUT2D eigenvalue weighted by Gasteiger charge is 2.12. The van der Waals surface area contributed by atoms with E-state index in [-0.39, 0.29) is 11.9 Å². The quantitative estimate of drug-likeness (QED) is 0.751. The molecule has 1 amide bonds. The van der Waals surface area contributed by atoms with Crippen LogP contribution in [0.3, 0.4) is 0 Å². The van der Waals surface area contributed by atoms with Gasteiger partial charge in [-0.05, 0) is 63.9 Å². The zero-order valence-electron chi connectivity index (χ0n) is 16.3. The monoisotopic (exact) mass is 355 g/mol. The van der Waals surface area contributed by atoms with E-state index in [4.69, 9.17) is 0 Å². The summed E-state index contributed by atoms with van der Waals surface area (Å²) in [7, 11) is 0. The van der Waals surface area contributed by atoms with Gasteiger partial charge in [0.05, 0.1) is 0 Å². The number of amides is 1. The molecule has 140 valence electrons. The first-order valence-corrected chi connectivity index (χ1v) is 9.24. The predicted molar refractivity (Wildman–Crippen MR) is 107 cm³/mol. The van der Waals surface area contributed by atoms with Crippen LogP contribution in [0.15, 0.2) is 30.5 Å². The van der Waals surface area contributed by atoms with Crippen molar-refractivity contribution in [3.63, 3.8) is 0 Å². The van der Waals surface area contributed by atoms with Crippen LogP contribution in [-0.2, 0) is 0 Å². The molecule has 1 aromatic heterocycles. The van der Waals surface area contributed by atoms with Crippen LogP contribution in [-0.4, -0.2) is 35.0 Å². The van der Waals surface area contributed by atoms with Crippen LogP contribution in [0.5, 0.6) is 0 Å². The van der Waals surface area contributed by atoms with E-state index >= 15 is 0 Å². The van der Waals surface area contributed by atoms with Crippen molar-refractivity contribution in [2.45, 2.75) is 47.1 Å². The Labute approximate surface area is 156 Å². The van der Waals surface area contributed by atoms with Gasteiger partial charge in [-0.15, -0.1) is 0 Å². The van der Waals surface area contributed by atoms with Crippen molar-refractivity contribution in [2.24, 2.45) is 0 Å². The van der Waals surface area contributed by atoms with Crippen LogP contribution in [0.2, 0.25) is 0 Å². The summed E-state index contributed by atoms with van der Waals surface area (Å²) in [5.41, 5.74) is 3.59. The molecule has 2 N–H and O–H groups in total. The van der Waals surface area contributed by atoms with Gasteiger partial charge in [0.1, 0.15) is 5.69 Å². The Bertz CT molecular complexity index is 743. The molecular weight excluding hydrogens is 326 g/mol. The molecule has 6 nitrogen and oxygen atoms in total. The maximum Gasteiger partial charge on any atom is 0.270 e. The first-order chi connectivity index (χ1) is 12.5. The van der Waals surface area contributed by atoms with E-state index in [1.807, 2.05) is 19.9 Å². The smallest absolute Gasteiger partial charge is 0.270 e. The van der Waals surface area contributed by atoms with E-state index in [0.717, 1.165) is 30.8 Å². The van der Waals surface area contributed by atoms with Gasteiger partial charge in [-0.2, -0.15) is 0 Å². The van der Waals surface area contributed by atoms with Gasteiger partial charge in [-0.25, -0.2) is 9.97 Å². The molecule has 0 radical (unpaired) electrons. The summed E-state index contributed by atoms with van der Waals surface area (Å²) in [6, 6.07) is 8.00. The average Bonchev–Trinajstić information content (AvgIpc) is 2.65. The van der Waals surface area contributed by atoms with Crippen molar-refractivity contribution in [3.8, 4) is 0 Å². The number of aromatic nitrogens is 2. The molecule has 0 fully saturated rings. The Balaban J connectivity index is 2.16. The summed E-state index contributed by atoms with van der Waals surface area (Å²) < 4.78 is 0. The number of benzene rings is 1. The Kier molecular flexibility index (Phi) is 6.95. The van der Waals surface area contributed by atoms with Gasteiger partial charge in [0.15, 0.2) is 0 Å². The highest BCUT2D eigenvalue weighted by Crippen LogP contribution is 2.24. The van der Waals surface area contributed by atoms with Crippen LogP contribution in [0, 0.1) is 6.92 Å². The first kappa shape index (κ1) is 19.7. The van der Waals surface area contributed by atoms with Crippen molar-refractivity contribution >= 4 is 23.2 Å². The normalized spacial score (nSPS) is 11.7. The summed E-state index contributed by atoms with van der Waals surface area (Å²) in [5, 5.41) is 6.13. The largest absolute Gasteiger partial charge is 0.372 e. The number of hydrogen-bond donors (Lipinski definition) is 2. The molecule has 0 aliphatic heterocycles. The second-order valence-corrected chi connectivity index (χ2v) is 6.34. The molecule has 6 heteroatoms. The topological polar surface area (TPSA) is 70.2 Å². The number of anilines is 3. The molecule has 2 rings (SSSR count). The van der Waals surface area contributed by atoms with Crippen LogP contribution in [0.1, 0.15) is 50.2 Å². The molecule has 2 aromatic rings. The molecule has 1 unspecified atom stereocenters. The van der Waals surface area contributed by atoms with Crippen molar-refractivity contribution in [1.82, 2.24) is 15.3 Å². The molecular formula is C20H29N5O. The summed E-state index contributed by atoms with van der Waals surface area (Å²) in [6.45, 7) is 12.3. The van der Waals surface area contributed by atoms with E-state index in [1.165, 1.54) is 5.69 Å². The fourth-order valence-electron chi connectivity index (χ4n) is 2.64. The zero-order valence-corrected chi connectivity index (χ0v) is 16.3. The third-order valence-electron chi connectivity index (χ3n) is 4.46. The Morgan fingerprint density at radius 3 is 2.54 bits per heavy atom. The fourth-order valence-corrected chi connectivity index (χ4v) is 2.64. The van der Waals surface area contributed by atoms with Crippen LogP contribution in [0.25, 0.3) is 0 Å². The molecule has 0 spiro atoms. The number of nitrogens with zero attached hydrogens (tertiary/aromatic N) is 3. The van der Waals surface area contributed by atoms with Crippen molar-refractivity contribution < 1.29 is 4.79 Å². The van der Waals surface area contributed by atoms with E-state index in [0.29, 0.717) is 11.6 Å². The van der Waals surface area contributed by atoms with Gasteiger partial charge in [0.25, 0.3) is 5.91 Å². The van der Waals surface area contributed by atoms with Gasteiger partial charge < -0.3 is 15.5 Å². The Morgan fingerprint density at radius 2 is 1.92 bits per heavy atom. The third kappa shape index (κ3) is 4.94. The summed E-state index contributed by atoms with van der Waals surface area (Å²) in [4.78, 5) is 23.1. The SMILES string of the molecule is CCC(C)NC(=O)c1ccnc(Nc2ccc(N(CC)CC)cc2C)n1. The lowest BCUT2D eigenvalue weighted by Gasteiger charge is -2.22. The molecule has 0 aliphatic rings. The lowest BCUT2D eigenvalue weighted by molar-refractivity contribution is 0.0934. The van der Waals surface area contributed by atoms with Gasteiger partial charge >= 0.3 is 0 Å². The molecule has 1 aromatic carbocycles. The van der Waals surface area contributed by atoms with Crippen molar-refractivity contribution in [1.29, 1.82) is 0 Å². The minimum Gasteiger partial charge on any atom is -0.372 e. The Hall–Kier alpha value is -2.63. The minimum absolute atomic E-state index is 0.115. The zero-order chi connectivity index (χ0) is 19.1. The van der Waals surface area contributed by atoms with E-state index in [1.54, 1.807) is 12.3 Å². The molecule has 0 saturated carbocycles. The molecule has 1 heterocycles. The molecule has 0 saturated heterocycles. The van der Waals surface area contributed by atoms with Crippen LogP contribution < -0.4 is 15.5 Å². The number of hydrogen-bond acceptors (Lipinski definition) is 5. The standard InChI is InChI=1S/C20H29N5O/c1-6-15(5)22-19(26)18-11-12-21-20(24-18)23-17-10-9-16(13-14(17)4)25(7-2)8-3/h9-13,15H,6-8H2,1-5H3,(H,22,26)(H,21,23,24). The van der Waals surface area contributed by atoms with Crippen molar-refractivity contribution in [2.75, 3.05) is 23.3 Å². The third-order valence-corrected chi connectivity index (χ3v) is 4.46. The highest BCUT2D eigenvalue weighted by molar-refractivity contribution is 5.92. The highest BCUT2D eigenvalue weighted by atomic mass is 16.1. The van der Waals surface area contributed by atoms with Gasteiger partial charge in [0, 0.05) is 36.7 Å². The summed E-state index contributed by atoms with van der Waals surface area (Å²) in [5.74, 6) is 0.235. The molecule has 0 aliphatic carbocycles. The predicted octanol–water partition coefficient (Wildman–Crippen LogP) is 3.90.